The second kappa shape index (κ2) is 9.66. The lowest BCUT2D eigenvalue weighted by Crippen LogP contribution is -1.91. The smallest absolute Gasteiger partial charge is 0.143 e. The molecule has 0 atom stereocenters. The van der Waals surface area contributed by atoms with E-state index in [0.29, 0.717) is 16.5 Å². The Labute approximate surface area is 257 Å². The maximum Gasteiger partial charge on any atom is 0.143 e. The predicted octanol–water partition coefficient (Wildman–Crippen LogP) is 11.4. The molecule has 0 aliphatic heterocycles. The Hall–Kier alpha value is -5.40. The van der Waals surface area contributed by atoms with Crippen molar-refractivity contribution in [2.24, 2.45) is 0 Å². The van der Waals surface area contributed by atoms with Crippen LogP contribution in [0, 0.1) is 0 Å². The van der Waals surface area contributed by atoms with Crippen molar-refractivity contribution in [2.45, 2.75) is 0 Å². The highest BCUT2D eigenvalue weighted by molar-refractivity contribution is 6.25. The highest BCUT2D eigenvalue weighted by Crippen LogP contribution is 2.49. The molecule has 1 aromatic heterocycles. The number of hydrogen-bond donors (Lipinski definition) is 0. The molecule has 0 aliphatic rings. The summed E-state index contributed by atoms with van der Waals surface area (Å²) in [6.45, 7) is 0. The van der Waals surface area contributed by atoms with Crippen molar-refractivity contribution < 1.29 is 22.2 Å². The molecule has 0 saturated heterocycles. The van der Waals surface area contributed by atoms with Crippen molar-refractivity contribution in [1.29, 1.82) is 0 Å². The molecule has 1 heterocycles. The third-order valence-electron chi connectivity index (χ3n) is 7.20. The summed E-state index contributed by atoms with van der Waals surface area (Å²) in [6, 6.07) is 15.9. The van der Waals surface area contributed by atoms with Gasteiger partial charge in [-0.3, -0.25) is 0 Å². The number of furan rings is 1. The van der Waals surface area contributed by atoms with E-state index in [2.05, 4.69) is 0 Å². The molecule has 8 aromatic rings. The van der Waals surface area contributed by atoms with E-state index in [4.69, 9.17) is 16.8 Å². The minimum atomic E-state index is -0.554. The normalized spacial score (nSPS) is 15.9. The molecule has 0 unspecified atom stereocenters. The van der Waals surface area contributed by atoms with E-state index in [-0.39, 0.29) is 60.7 Å². The van der Waals surface area contributed by atoms with Crippen LogP contribution in [-0.2, 0) is 0 Å². The van der Waals surface area contributed by atoms with Crippen LogP contribution in [-0.4, -0.2) is 0 Å². The molecule has 7 aromatic carbocycles. The molecule has 0 spiro atoms. The summed E-state index contributed by atoms with van der Waals surface area (Å²) in [4.78, 5) is 0. The van der Waals surface area contributed by atoms with Crippen molar-refractivity contribution in [3.63, 3.8) is 0 Å². The Balaban J connectivity index is 1.69. The molecule has 0 amide bonds. The first-order valence-corrected chi connectivity index (χ1v) is 13.0. The van der Waals surface area contributed by atoms with Gasteiger partial charge in [-0.05, 0) is 55.9 Å². The highest BCUT2D eigenvalue weighted by atomic mass is 16.3. The van der Waals surface area contributed by atoms with E-state index < -0.39 is 78.6 Å². The fourth-order valence-corrected chi connectivity index (χ4v) is 5.46. The Morgan fingerprint density at radius 2 is 0.927 bits per heavy atom. The summed E-state index contributed by atoms with van der Waals surface area (Å²) in [7, 11) is 0. The van der Waals surface area contributed by atoms with Gasteiger partial charge in [0.25, 0.3) is 0 Å². The first-order chi connectivity index (χ1) is 25.8. The SMILES string of the molecule is [2H]c1c([2H])c([2H])c(-c2ccc3oc(-c4ccccc4)c(-c4c5c([2H])c([2H])c([2H])c([2H])c5c(-c5ccccc5)c5c([2H])c([2H])c([2H])c([2H])c45)c3c2)c([2H])c1[2H]. The summed E-state index contributed by atoms with van der Waals surface area (Å²) in [5, 5.41) is 0.369. The van der Waals surface area contributed by atoms with Gasteiger partial charge in [0.1, 0.15) is 11.3 Å². The zero-order valence-corrected chi connectivity index (χ0v) is 21.4. The Kier molecular flexibility index (Phi) is 3.25. The van der Waals surface area contributed by atoms with E-state index in [9.17, 15) is 5.48 Å². The van der Waals surface area contributed by atoms with Crippen LogP contribution in [0.15, 0.2) is 162 Å². The monoisotopic (exact) mass is 535 g/mol. The molecule has 192 valence electrons. The van der Waals surface area contributed by atoms with Crippen LogP contribution in [0.25, 0.3) is 77.2 Å². The van der Waals surface area contributed by atoms with E-state index >= 15 is 0 Å². The van der Waals surface area contributed by atoms with Crippen molar-refractivity contribution in [3.05, 3.63) is 157 Å². The van der Waals surface area contributed by atoms with Crippen LogP contribution in [0.4, 0.5) is 0 Å². The van der Waals surface area contributed by atoms with E-state index in [1.54, 1.807) is 78.9 Å². The van der Waals surface area contributed by atoms with Gasteiger partial charge in [-0.2, -0.15) is 0 Å². The highest BCUT2D eigenvalue weighted by Gasteiger charge is 2.24. The molecule has 1 nitrogen and oxygen atoms in total. The van der Waals surface area contributed by atoms with Gasteiger partial charge in [-0.1, -0.05) is 145 Å². The van der Waals surface area contributed by atoms with Crippen LogP contribution in [0.3, 0.4) is 0 Å². The Morgan fingerprint density at radius 1 is 0.390 bits per heavy atom. The second-order valence-corrected chi connectivity index (χ2v) is 9.50. The minimum absolute atomic E-state index is 0.00882. The molecular weight excluding hydrogens is 496 g/mol. The number of hydrogen-bond acceptors (Lipinski definition) is 1. The lowest BCUT2D eigenvalue weighted by atomic mass is 9.84. The maximum absolute atomic E-state index is 9.38. The van der Waals surface area contributed by atoms with E-state index in [1.165, 1.54) is 0 Å². The Bertz CT molecular complexity index is 2790. The summed E-state index contributed by atoms with van der Waals surface area (Å²) in [6.07, 6.45) is 0. The first kappa shape index (κ1) is 13.8. The summed E-state index contributed by atoms with van der Waals surface area (Å²) < 4.78 is 121. The van der Waals surface area contributed by atoms with E-state index in [1.807, 2.05) is 0 Å². The first-order valence-electron chi connectivity index (χ1n) is 19.5. The lowest BCUT2D eigenvalue weighted by molar-refractivity contribution is 0.632. The number of rotatable bonds is 4. The van der Waals surface area contributed by atoms with Gasteiger partial charge in [0, 0.05) is 22.1 Å². The minimum Gasteiger partial charge on any atom is -0.455 e. The molecular formula is C40H26O. The molecule has 8 rings (SSSR count). The van der Waals surface area contributed by atoms with Crippen molar-refractivity contribution >= 4 is 32.5 Å². The maximum atomic E-state index is 9.38. The van der Waals surface area contributed by atoms with Gasteiger partial charge >= 0.3 is 0 Å². The lowest BCUT2D eigenvalue weighted by Gasteiger charge is -2.18. The molecule has 0 saturated carbocycles. The topological polar surface area (TPSA) is 13.1 Å². The molecule has 0 bridgehead atoms. The largest absolute Gasteiger partial charge is 0.455 e. The summed E-state index contributed by atoms with van der Waals surface area (Å²) >= 11 is 0. The second-order valence-electron chi connectivity index (χ2n) is 9.50. The molecule has 0 radical (unpaired) electrons. The molecule has 0 N–H and O–H groups in total. The van der Waals surface area contributed by atoms with Crippen molar-refractivity contribution in [2.75, 3.05) is 0 Å². The van der Waals surface area contributed by atoms with Gasteiger partial charge < -0.3 is 4.42 Å². The standard InChI is InChI=1S/C40H26O/c1-4-14-27(15-5-1)30-24-25-36-35(26-30)39(40(41-36)29-18-8-3-9-19-29)38-33-22-12-10-20-31(33)37(28-16-6-2-7-17-28)32-21-11-13-23-34(32)38/h1-26H/i1D,4D,5D,10D,11D,12D,13D,14D,15D,20D,21D,22D,23D. The van der Waals surface area contributed by atoms with Crippen LogP contribution < -0.4 is 0 Å². The van der Waals surface area contributed by atoms with Gasteiger partial charge in [0.15, 0.2) is 0 Å². The van der Waals surface area contributed by atoms with Gasteiger partial charge in [0.05, 0.1) is 17.8 Å². The van der Waals surface area contributed by atoms with Crippen LogP contribution in [0.2, 0.25) is 0 Å². The molecule has 41 heavy (non-hydrogen) atoms. The zero-order valence-electron chi connectivity index (χ0n) is 34.4. The van der Waals surface area contributed by atoms with E-state index in [0.717, 1.165) is 0 Å². The molecule has 0 aliphatic carbocycles. The van der Waals surface area contributed by atoms with Crippen molar-refractivity contribution in [3.8, 4) is 44.7 Å². The fourth-order valence-electron chi connectivity index (χ4n) is 5.46. The molecule has 1 heteroatoms. The summed E-state index contributed by atoms with van der Waals surface area (Å²) in [5.41, 5.74) is 1.95. The molecule has 0 fully saturated rings. The van der Waals surface area contributed by atoms with Gasteiger partial charge in [-0.25, -0.2) is 0 Å². The van der Waals surface area contributed by atoms with Crippen LogP contribution in [0.5, 0.6) is 0 Å². The third kappa shape index (κ3) is 3.86. The number of fused-ring (bicyclic) bond motifs is 3. The van der Waals surface area contributed by atoms with Crippen LogP contribution >= 0.6 is 0 Å². The summed E-state index contributed by atoms with van der Waals surface area (Å²) in [5.74, 6) is 0.221. The van der Waals surface area contributed by atoms with Crippen molar-refractivity contribution in [1.82, 2.24) is 0 Å². The van der Waals surface area contributed by atoms with Crippen LogP contribution in [0.1, 0.15) is 17.8 Å². The third-order valence-corrected chi connectivity index (χ3v) is 7.20. The quantitative estimate of drug-likeness (QED) is 0.204. The average Bonchev–Trinajstić information content (AvgIpc) is 3.57. The average molecular weight is 536 g/mol. The zero-order chi connectivity index (χ0) is 38.5. The fraction of sp³-hybridized carbons (Fsp3) is 0. The predicted molar refractivity (Wildman–Crippen MR) is 173 cm³/mol. The van der Waals surface area contributed by atoms with Gasteiger partial charge in [-0.15, -0.1) is 0 Å². The number of benzene rings is 7. The Morgan fingerprint density at radius 3 is 1.54 bits per heavy atom. The van der Waals surface area contributed by atoms with Gasteiger partial charge in [0.2, 0.25) is 0 Å².